The SMILES string of the molecule is CC(C)(C)CC1C(c2ccc(Cl)cc2F)CNC1c1cccc(Cl)c1. The van der Waals surface area contributed by atoms with Gasteiger partial charge in [-0.2, -0.15) is 0 Å². The van der Waals surface area contributed by atoms with E-state index in [4.69, 9.17) is 23.2 Å². The minimum Gasteiger partial charge on any atom is -0.309 e. The lowest BCUT2D eigenvalue weighted by Gasteiger charge is -2.31. The molecule has 1 nitrogen and oxygen atoms in total. The maximum atomic E-state index is 14.6. The molecule has 134 valence electrons. The van der Waals surface area contributed by atoms with Gasteiger partial charge in [0.05, 0.1) is 0 Å². The first-order valence-corrected chi connectivity index (χ1v) is 9.44. The van der Waals surface area contributed by atoms with Gasteiger partial charge in [0.15, 0.2) is 0 Å². The van der Waals surface area contributed by atoms with Gasteiger partial charge >= 0.3 is 0 Å². The van der Waals surface area contributed by atoms with Crippen molar-refractivity contribution in [1.82, 2.24) is 5.32 Å². The van der Waals surface area contributed by atoms with E-state index < -0.39 is 0 Å². The quantitative estimate of drug-likeness (QED) is 0.632. The lowest BCUT2D eigenvalue weighted by molar-refractivity contribution is 0.259. The van der Waals surface area contributed by atoms with Crippen molar-refractivity contribution < 1.29 is 4.39 Å². The van der Waals surface area contributed by atoms with Crippen molar-refractivity contribution in [3.05, 3.63) is 69.5 Å². The molecule has 0 aliphatic carbocycles. The Kier molecular flexibility index (Phi) is 5.43. The highest BCUT2D eigenvalue weighted by atomic mass is 35.5. The Balaban J connectivity index is 1.98. The van der Waals surface area contributed by atoms with Crippen LogP contribution in [-0.4, -0.2) is 6.54 Å². The Labute approximate surface area is 159 Å². The zero-order chi connectivity index (χ0) is 18.2. The van der Waals surface area contributed by atoms with Crippen LogP contribution in [0.4, 0.5) is 4.39 Å². The molecule has 0 radical (unpaired) electrons. The van der Waals surface area contributed by atoms with Gasteiger partial charge in [-0.05, 0) is 53.1 Å². The summed E-state index contributed by atoms with van der Waals surface area (Å²) in [6, 6.07) is 13.2. The van der Waals surface area contributed by atoms with Crippen LogP contribution in [-0.2, 0) is 0 Å². The van der Waals surface area contributed by atoms with Crippen molar-refractivity contribution in [2.45, 2.75) is 39.2 Å². The van der Waals surface area contributed by atoms with Crippen LogP contribution in [0.25, 0.3) is 0 Å². The molecule has 4 heteroatoms. The molecule has 1 N–H and O–H groups in total. The van der Waals surface area contributed by atoms with Crippen LogP contribution in [0.1, 0.15) is 50.3 Å². The summed E-state index contributed by atoms with van der Waals surface area (Å²) in [4.78, 5) is 0. The van der Waals surface area contributed by atoms with E-state index in [2.05, 4.69) is 32.2 Å². The molecule has 0 aromatic heterocycles. The Morgan fingerprint density at radius 3 is 2.44 bits per heavy atom. The number of nitrogens with one attached hydrogen (secondary N) is 1. The van der Waals surface area contributed by atoms with Gasteiger partial charge in [0, 0.05) is 28.5 Å². The van der Waals surface area contributed by atoms with E-state index in [1.54, 1.807) is 6.07 Å². The zero-order valence-electron chi connectivity index (χ0n) is 14.8. The summed E-state index contributed by atoms with van der Waals surface area (Å²) in [6.45, 7) is 7.44. The van der Waals surface area contributed by atoms with E-state index in [1.807, 2.05) is 24.3 Å². The summed E-state index contributed by atoms with van der Waals surface area (Å²) in [5, 5.41) is 4.77. The summed E-state index contributed by atoms with van der Waals surface area (Å²) < 4.78 is 14.6. The highest BCUT2D eigenvalue weighted by Gasteiger charge is 2.40. The summed E-state index contributed by atoms with van der Waals surface area (Å²) >= 11 is 12.1. The van der Waals surface area contributed by atoms with Crippen LogP contribution in [0.15, 0.2) is 42.5 Å². The van der Waals surface area contributed by atoms with Crippen molar-refractivity contribution in [1.29, 1.82) is 0 Å². The van der Waals surface area contributed by atoms with Gasteiger partial charge < -0.3 is 5.32 Å². The monoisotopic (exact) mass is 379 g/mol. The molecule has 0 spiro atoms. The van der Waals surface area contributed by atoms with E-state index >= 15 is 0 Å². The van der Waals surface area contributed by atoms with Gasteiger partial charge in [0.2, 0.25) is 0 Å². The molecule has 1 fully saturated rings. The number of halogens is 3. The lowest BCUT2D eigenvalue weighted by Crippen LogP contribution is -2.23. The van der Waals surface area contributed by atoms with Crippen molar-refractivity contribution in [3.63, 3.8) is 0 Å². The largest absolute Gasteiger partial charge is 0.309 e. The Bertz CT molecular complexity index is 754. The van der Waals surface area contributed by atoms with Crippen molar-refractivity contribution in [2.75, 3.05) is 6.54 Å². The van der Waals surface area contributed by atoms with Gasteiger partial charge in [-0.15, -0.1) is 0 Å². The number of hydrogen-bond acceptors (Lipinski definition) is 1. The third-order valence-electron chi connectivity index (χ3n) is 4.92. The first-order valence-electron chi connectivity index (χ1n) is 8.68. The normalized spacial score (nSPS) is 23.8. The van der Waals surface area contributed by atoms with E-state index in [9.17, 15) is 4.39 Å². The molecule has 1 aliphatic rings. The standard InChI is InChI=1S/C21H24Cl2FN/c1-21(2,3)11-17-18(16-8-7-15(23)10-19(16)24)12-25-20(17)13-5-4-6-14(22)9-13/h4-10,17-18,20,25H,11-12H2,1-3H3. The molecule has 0 saturated carbocycles. The number of rotatable bonds is 3. The first-order chi connectivity index (χ1) is 11.7. The predicted octanol–water partition coefficient (Wildman–Crippen LogP) is 6.61. The van der Waals surface area contributed by atoms with Crippen LogP contribution < -0.4 is 5.32 Å². The van der Waals surface area contributed by atoms with E-state index in [1.165, 1.54) is 11.6 Å². The molecule has 3 unspecified atom stereocenters. The smallest absolute Gasteiger partial charge is 0.128 e. The summed E-state index contributed by atoms with van der Waals surface area (Å²) in [7, 11) is 0. The minimum absolute atomic E-state index is 0.112. The third-order valence-corrected chi connectivity index (χ3v) is 5.39. The highest BCUT2D eigenvalue weighted by Crippen LogP contribution is 2.46. The van der Waals surface area contributed by atoms with Crippen molar-refractivity contribution in [3.8, 4) is 0 Å². The van der Waals surface area contributed by atoms with E-state index in [0.717, 1.165) is 23.6 Å². The topological polar surface area (TPSA) is 12.0 Å². The second-order valence-electron chi connectivity index (χ2n) is 8.14. The fraction of sp³-hybridized carbons (Fsp3) is 0.429. The molecule has 2 aromatic rings. The maximum Gasteiger partial charge on any atom is 0.128 e. The lowest BCUT2D eigenvalue weighted by atomic mass is 9.74. The van der Waals surface area contributed by atoms with Gasteiger partial charge in [0.1, 0.15) is 5.82 Å². The van der Waals surface area contributed by atoms with Crippen LogP contribution in [0.5, 0.6) is 0 Å². The molecule has 1 saturated heterocycles. The molecule has 3 atom stereocenters. The average Bonchev–Trinajstić information content (AvgIpc) is 2.89. The molecule has 1 aliphatic heterocycles. The molecule has 2 aromatic carbocycles. The second kappa shape index (κ2) is 7.26. The first kappa shape index (κ1) is 18.7. The fourth-order valence-electron chi connectivity index (χ4n) is 3.96. The molecule has 0 bridgehead atoms. The molecule has 3 rings (SSSR count). The van der Waals surface area contributed by atoms with Gasteiger partial charge in [-0.25, -0.2) is 4.39 Å². The molecular formula is C21H24Cl2FN. The summed E-state index contributed by atoms with van der Waals surface area (Å²) in [6.07, 6.45) is 0.990. The van der Waals surface area contributed by atoms with Crippen LogP contribution in [0.2, 0.25) is 10.0 Å². The molecular weight excluding hydrogens is 356 g/mol. The maximum absolute atomic E-state index is 14.6. The number of hydrogen-bond donors (Lipinski definition) is 1. The summed E-state index contributed by atoms with van der Waals surface area (Å²) in [5.74, 6) is 0.180. The molecule has 0 amide bonds. The van der Waals surface area contributed by atoms with Gasteiger partial charge in [-0.1, -0.05) is 62.2 Å². The second-order valence-corrected chi connectivity index (χ2v) is 9.01. The van der Waals surface area contributed by atoms with Crippen LogP contribution in [0, 0.1) is 17.2 Å². The summed E-state index contributed by atoms with van der Waals surface area (Å²) in [5.41, 5.74) is 2.06. The minimum atomic E-state index is -0.218. The Morgan fingerprint density at radius 1 is 1.08 bits per heavy atom. The van der Waals surface area contributed by atoms with Crippen molar-refractivity contribution in [2.24, 2.45) is 11.3 Å². The van der Waals surface area contributed by atoms with E-state index in [0.29, 0.717) is 5.02 Å². The predicted molar refractivity (Wildman–Crippen MR) is 104 cm³/mol. The number of benzene rings is 2. The molecule has 1 heterocycles. The van der Waals surface area contributed by atoms with Gasteiger partial charge in [0.25, 0.3) is 0 Å². The average molecular weight is 380 g/mol. The highest BCUT2D eigenvalue weighted by molar-refractivity contribution is 6.30. The fourth-order valence-corrected chi connectivity index (χ4v) is 4.32. The van der Waals surface area contributed by atoms with E-state index in [-0.39, 0.29) is 29.1 Å². The Morgan fingerprint density at radius 2 is 1.80 bits per heavy atom. The third kappa shape index (κ3) is 4.36. The molecule has 25 heavy (non-hydrogen) atoms. The zero-order valence-corrected chi connectivity index (χ0v) is 16.3. The Hall–Kier alpha value is -1.09. The van der Waals surface area contributed by atoms with Gasteiger partial charge in [-0.3, -0.25) is 0 Å². The van der Waals surface area contributed by atoms with Crippen molar-refractivity contribution >= 4 is 23.2 Å². The van der Waals surface area contributed by atoms with Crippen LogP contribution in [0.3, 0.4) is 0 Å². The van der Waals surface area contributed by atoms with Crippen LogP contribution >= 0.6 is 23.2 Å².